The van der Waals surface area contributed by atoms with E-state index in [9.17, 15) is 14.3 Å². The van der Waals surface area contributed by atoms with Crippen LogP contribution in [0.15, 0.2) is 48.5 Å². The zero-order chi connectivity index (χ0) is 17.6. The molecule has 3 rings (SSSR count). The summed E-state index contributed by atoms with van der Waals surface area (Å²) >= 11 is 0. The van der Waals surface area contributed by atoms with Crippen molar-refractivity contribution in [2.45, 2.75) is 38.5 Å². The fourth-order valence-corrected chi connectivity index (χ4v) is 3.23. The number of halogens is 1. The molecule has 5 heteroatoms. The predicted octanol–water partition coefficient (Wildman–Crippen LogP) is 3.75. The molecule has 0 radical (unpaired) electrons. The first-order valence-electron chi connectivity index (χ1n) is 8.55. The van der Waals surface area contributed by atoms with Gasteiger partial charge in [-0.2, -0.15) is 0 Å². The number of carboxylic acids is 1. The number of hydrogen-bond acceptors (Lipinski definition) is 3. The number of ether oxygens (including phenoxy) is 1. The van der Waals surface area contributed by atoms with Crippen LogP contribution in [-0.2, 0) is 17.9 Å². The van der Waals surface area contributed by atoms with Crippen molar-refractivity contribution in [3.63, 3.8) is 0 Å². The van der Waals surface area contributed by atoms with Crippen LogP contribution in [0.2, 0.25) is 0 Å². The molecule has 0 spiro atoms. The molecule has 2 atom stereocenters. The Kier molecular flexibility index (Phi) is 5.66. The van der Waals surface area contributed by atoms with Gasteiger partial charge >= 0.3 is 5.97 Å². The summed E-state index contributed by atoms with van der Waals surface area (Å²) < 4.78 is 19.2. The molecule has 1 aliphatic carbocycles. The average Bonchev–Trinajstić information content (AvgIpc) is 3.09. The van der Waals surface area contributed by atoms with Gasteiger partial charge in [0.05, 0.1) is 5.92 Å². The summed E-state index contributed by atoms with van der Waals surface area (Å²) in [7, 11) is 0. The minimum atomic E-state index is -0.716. The average molecular weight is 343 g/mol. The lowest BCUT2D eigenvalue weighted by Crippen LogP contribution is -2.35. The summed E-state index contributed by atoms with van der Waals surface area (Å²) in [5.41, 5.74) is 1.59. The maximum Gasteiger partial charge on any atom is 0.308 e. The molecule has 2 unspecified atom stereocenters. The van der Waals surface area contributed by atoms with E-state index in [1.54, 1.807) is 18.2 Å². The Morgan fingerprint density at radius 2 is 1.92 bits per heavy atom. The smallest absolute Gasteiger partial charge is 0.308 e. The molecular weight excluding hydrogens is 321 g/mol. The molecule has 1 fully saturated rings. The first-order chi connectivity index (χ1) is 12.1. The zero-order valence-electron chi connectivity index (χ0n) is 14.0. The van der Waals surface area contributed by atoms with Crippen LogP contribution in [0.3, 0.4) is 0 Å². The van der Waals surface area contributed by atoms with Crippen LogP contribution in [0.4, 0.5) is 4.39 Å². The van der Waals surface area contributed by atoms with Crippen molar-refractivity contribution in [1.29, 1.82) is 0 Å². The lowest BCUT2D eigenvalue weighted by atomic mass is 10.0. The SMILES string of the molecule is O=C(O)C1CCCC1NCc1ccc(OCc2ccccc2F)cc1. The molecule has 2 aromatic carbocycles. The van der Waals surface area contributed by atoms with Gasteiger partial charge in [-0.3, -0.25) is 4.79 Å². The summed E-state index contributed by atoms with van der Waals surface area (Å²) in [6.07, 6.45) is 2.61. The Hall–Kier alpha value is -2.40. The molecule has 1 aliphatic rings. The van der Waals surface area contributed by atoms with Gasteiger partial charge in [0.2, 0.25) is 0 Å². The van der Waals surface area contributed by atoms with Crippen molar-refractivity contribution in [3.05, 3.63) is 65.5 Å². The molecule has 1 saturated carbocycles. The zero-order valence-corrected chi connectivity index (χ0v) is 14.0. The van der Waals surface area contributed by atoms with E-state index in [1.807, 2.05) is 24.3 Å². The van der Waals surface area contributed by atoms with Crippen molar-refractivity contribution in [2.75, 3.05) is 0 Å². The first kappa shape index (κ1) is 17.4. The third-order valence-electron chi connectivity index (χ3n) is 4.68. The summed E-state index contributed by atoms with van der Waals surface area (Å²) in [4.78, 5) is 11.2. The van der Waals surface area contributed by atoms with E-state index in [0.29, 0.717) is 17.9 Å². The summed E-state index contributed by atoms with van der Waals surface area (Å²) in [6.45, 7) is 0.814. The molecule has 0 aliphatic heterocycles. The third kappa shape index (κ3) is 4.57. The maximum absolute atomic E-state index is 13.6. The topological polar surface area (TPSA) is 58.6 Å². The number of carboxylic acid groups (broad SMARTS) is 1. The molecular formula is C20H22FNO3. The predicted molar refractivity (Wildman–Crippen MR) is 92.8 cm³/mol. The lowest BCUT2D eigenvalue weighted by Gasteiger charge is -2.17. The van der Waals surface area contributed by atoms with E-state index >= 15 is 0 Å². The third-order valence-corrected chi connectivity index (χ3v) is 4.68. The number of carbonyl (C=O) groups is 1. The highest BCUT2D eigenvalue weighted by Crippen LogP contribution is 2.26. The number of benzene rings is 2. The Balaban J connectivity index is 1.50. The van der Waals surface area contributed by atoms with Crippen LogP contribution in [0.25, 0.3) is 0 Å². The molecule has 0 amide bonds. The molecule has 0 aromatic heterocycles. The number of aliphatic carboxylic acids is 1. The summed E-state index contributed by atoms with van der Waals surface area (Å²) in [5, 5.41) is 12.5. The van der Waals surface area contributed by atoms with Gasteiger partial charge in [0.25, 0.3) is 0 Å². The second-order valence-corrected chi connectivity index (χ2v) is 6.39. The highest BCUT2D eigenvalue weighted by molar-refractivity contribution is 5.71. The van der Waals surface area contributed by atoms with Gasteiger partial charge in [-0.05, 0) is 36.6 Å². The summed E-state index contributed by atoms with van der Waals surface area (Å²) in [5.74, 6) is -0.598. The van der Waals surface area contributed by atoms with Gasteiger partial charge in [-0.25, -0.2) is 4.39 Å². The van der Waals surface area contributed by atoms with E-state index in [-0.39, 0.29) is 24.4 Å². The van der Waals surface area contributed by atoms with Crippen molar-refractivity contribution < 1.29 is 19.0 Å². The second-order valence-electron chi connectivity index (χ2n) is 6.39. The molecule has 2 aromatic rings. The molecule has 4 nitrogen and oxygen atoms in total. The maximum atomic E-state index is 13.6. The van der Waals surface area contributed by atoms with Gasteiger partial charge in [0.1, 0.15) is 18.2 Å². The lowest BCUT2D eigenvalue weighted by molar-refractivity contribution is -0.142. The van der Waals surface area contributed by atoms with E-state index in [0.717, 1.165) is 24.8 Å². The van der Waals surface area contributed by atoms with Crippen LogP contribution in [-0.4, -0.2) is 17.1 Å². The highest BCUT2D eigenvalue weighted by Gasteiger charge is 2.32. The summed E-state index contributed by atoms with van der Waals surface area (Å²) in [6, 6.07) is 14.2. The normalized spacial score (nSPS) is 19.7. The number of hydrogen-bond donors (Lipinski definition) is 2. The van der Waals surface area contributed by atoms with E-state index in [4.69, 9.17) is 4.74 Å². The Morgan fingerprint density at radius 1 is 1.16 bits per heavy atom. The van der Waals surface area contributed by atoms with Gasteiger partial charge in [0.15, 0.2) is 0 Å². The molecule has 25 heavy (non-hydrogen) atoms. The molecule has 0 saturated heterocycles. The first-order valence-corrected chi connectivity index (χ1v) is 8.55. The quantitative estimate of drug-likeness (QED) is 0.804. The van der Waals surface area contributed by atoms with E-state index < -0.39 is 5.97 Å². The van der Waals surface area contributed by atoms with E-state index in [2.05, 4.69) is 5.32 Å². The second kappa shape index (κ2) is 8.12. The minimum Gasteiger partial charge on any atom is -0.489 e. The van der Waals surface area contributed by atoms with Gasteiger partial charge in [-0.15, -0.1) is 0 Å². The Morgan fingerprint density at radius 3 is 2.64 bits per heavy atom. The minimum absolute atomic E-state index is 0.0366. The van der Waals surface area contributed by atoms with Crippen molar-refractivity contribution >= 4 is 5.97 Å². The van der Waals surface area contributed by atoms with Crippen LogP contribution in [0.5, 0.6) is 5.75 Å². The monoisotopic (exact) mass is 343 g/mol. The standard InChI is InChI=1S/C20H22FNO3/c21-18-6-2-1-4-15(18)13-25-16-10-8-14(9-11-16)12-22-19-7-3-5-17(19)20(23)24/h1-2,4,6,8-11,17,19,22H,3,5,7,12-13H2,(H,23,24). The molecule has 2 N–H and O–H groups in total. The molecule has 0 heterocycles. The van der Waals surface area contributed by atoms with Crippen LogP contribution >= 0.6 is 0 Å². The fraction of sp³-hybridized carbons (Fsp3) is 0.350. The largest absolute Gasteiger partial charge is 0.489 e. The highest BCUT2D eigenvalue weighted by atomic mass is 19.1. The van der Waals surface area contributed by atoms with E-state index in [1.165, 1.54) is 6.07 Å². The van der Waals surface area contributed by atoms with Crippen LogP contribution in [0.1, 0.15) is 30.4 Å². The van der Waals surface area contributed by atoms with Gasteiger partial charge in [-0.1, -0.05) is 36.8 Å². The van der Waals surface area contributed by atoms with Gasteiger partial charge < -0.3 is 15.2 Å². The Bertz CT molecular complexity index is 717. The van der Waals surface area contributed by atoms with Crippen molar-refractivity contribution in [3.8, 4) is 5.75 Å². The Labute approximate surface area is 146 Å². The van der Waals surface area contributed by atoms with Crippen molar-refractivity contribution in [2.24, 2.45) is 5.92 Å². The van der Waals surface area contributed by atoms with Gasteiger partial charge in [0, 0.05) is 18.2 Å². The van der Waals surface area contributed by atoms with Crippen LogP contribution in [0, 0.1) is 11.7 Å². The van der Waals surface area contributed by atoms with Crippen LogP contribution < -0.4 is 10.1 Å². The molecule has 132 valence electrons. The number of rotatable bonds is 7. The van der Waals surface area contributed by atoms with Crippen molar-refractivity contribution in [1.82, 2.24) is 5.32 Å². The molecule has 0 bridgehead atoms. The number of nitrogens with one attached hydrogen (secondary N) is 1. The fourth-order valence-electron chi connectivity index (χ4n) is 3.23.